The minimum atomic E-state index is -3.08. The Morgan fingerprint density at radius 3 is 2.21 bits per heavy atom. The second-order valence-electron chi connectivity index (χ2n) is 2.87. The van der Waals surface area contributed by atoms with Crippen LogP contribution in [0.15, 0.2) is 0 Å². The SMILES string of the molecule is CCN(C(=O)C(F)F)C(C)CC(=O)O. The van der Waals surface area contributed by atoms with Gasteiger partial charge in [-0.3, -0.25) is 9.59 Å². The molecule has 0 rings (SSSR count). The molecule has 0 radical (unpaired) electrons. The van der Waals surface area contributed by atoms with Gasteiger partial charge in [0.15, 0.2) is 0 Å². The third-order valence-corrected chi connectivity index (χ3v) is 1.81. The van der Waals surface area contributed by atoms with Crippen molar-refractivity contribution in [2.24, 2.45) is 0 Å². The lowest BCUT2D eigenvalue weighted by Gasteiger charge is -2.26. The number of carbonyl (C=O) groups is 2. The van der Waals surface area contributed by atoms with Crippen molar-refractivity contribution in [1.82, 2.24) is 4.90 Å². The van der Waals surface area contributed by atoms with Gasteiger partial charge in [0.05, 0.1) is 6.42 Å². The number of hydrogen-bond acceptors (Lipinski definition) is 2. The van der Waals surface area contributed by atoms with Crippen molar-refractivity contribution >= 4 is 11.9 Å². The van der Waals surface area contributed by atoms with Crippen molar-refractivity contribution < 1.29 is 23.5 Å². The molecule has 0 aromatic heterocycles. The summed E-state index contributed by atoms with van der Waals surface area (Å²) in [5, 5.41) is 8.42. The first kappa shape index (κ1) is 12.8. The molecule has 0 saturated heterocycles. The molecule has 0 aliphatic carbocycles. The summed E-state index contributed by atoms with van der Waals surface area (Å²) in [6, 6.07) is -0.709. The van der Waals surface area contributed by atoms with Crippen molar-refractivity contribution in [2.75, 3.05) is 6.54 Å². The molecule has 0 aromatic rings. The Balaban J connectivity index is 4.39. The zero-order valence-corrected chi connectivity index (χ0v) is 8.04. The van der Waals surface area contributed by atoms with Crippen LogP contribution in [0.2, 0.25) is 0 Å². The first-order valence-electron chi connectivity index (χ1n) is 4.20. The van der Waals surface area contributed by atoms with E-state index >= 15 is 0 Å². The van der Waals surface area contributed by atoms with Crippen LogP contribution in [0.1, 0.15) is 20.3 Å². The molecule has 0 fully saturated rings. The number of nitrogens with zero attached hydrogens (tertiary/aromatic N) is 1. The predicted octanol–water partition coefficient (Wildman–Crippen LogP) is 0.963. The van der Waals surface area contributed by atoms with Crippen LogP contribution >= 0.6 is 0 Å². The number of carboxylic acids is 1. The first-order chi connectivity index (χ1) is 6.40. The highest BCUT2D eigenvalue weighted by Crippen LogP contribution is 2.08. The van der Waals surface area contributed by atoms with E-state index in [4.69, 9.17) is 5.11 Å². The van der Waals surface area contributed by atoms with Gasteiger partial charge >= 0.3 is 12.4 Å². The maximum Gasteiger partial charge on any atom is 0.315 e. The number of carbonyl (C=O) groups excluding carboxylic acids is 1. The fraction of sp³-hybridized carbons (Fsp3) is 0.750. The Labute approximate surface area is 80.5 Å². The molecule has 1 N–H and O–H groups in total. The Morgan fingerprint density at radius 2 is 1.93 bits per heavy atom. The number of rotatable bonds is 5. The Kier molecular flexibility index (Phi) is 5.04. The van der Waals surface area contributed by atoms with E-state index in [1.165, 1.54) is 13.8 Å². The van der Waals surface area contributed by atoms with Gasteiger partial charge in [-0.2, -0.15) is 8.78 Å². The summed E-state index contributed by atoms with van der Waals surface area (Å²) < 4.78 is 24.0. The van der Waals surface area contributed by atoms with E-state index < -0.39 is 24.3 Å². The maximum absolute atomic E-state index is 12.0. The van der Waals surface area contributed by atoms with Crippen LogP contribution in [0.3, 0.4) is 0 Å². The number of amides is 1. The van der Waals surface area contributed by atoms with Crippen LogP contribution < -0.4 is 0 Å². The second-order valence-corrected chi connectivity index (χ2v) is 2.87. The van der Waals surface area contributed by atoms with Crippen molar-refractivity contribution in [2.45, 2.75) is 32.7 Å². The Morgan fingerprint density at radius 1 is 1.43 bits per heavy atom. The van der Waals surface area contributed by atoms with E-state index in [9.17, 15) is 18.4 Å². The fourth-order valence-electron chi connectivity index (χ4n) is 1.17. The summed E-state index contributed by atoms with van der Waals surface area (Å²) in [7, 11) is 0. The monoisotopic (exact) mass is 209 g/mol. The molecule has 6 heteroatoms. The lowest BCUT2D eigenvalue weighted by molar-refractivity contribution is -0.147. The van der Waals surface area contributed by atoms with Gasteiger partial charge in [-0.25, -0.2) is 0 Å². The van der Waals surface area contributed by atoms with Gasteiger partial charge in [-0.15, -0.1) is 0 Å². The molecule has 14 heavy (non-hydrogen) atoms. The maximum atomic E-state index is 12.0. The molecule has 0 bridgehead atoms. The highest BCUT2D eigenvalue weighted by atomic mass is 19.3. The van der Waals surface area contributed by atoms with E-state index in [1.807, 2.05) is 0 Å². The lowest BCUT2D eigenvalue weighted by atomic mass is 10.2. The smallest absolute Gasteiger partial charge is 0.315 e. The topological polar surface area (TPSA) is 57.6 Å². The second kappa shape index (κ2) is 5.51. The molecular weight excluding hydrogens is 196 g/mol. The zero-order valence-electron chi connectivity index (χ0n) is 8.04. The zero-order chi connectivity index (χ0) is 11.3. The van der Waals surface area contributed by atoms with Gasteiger partial charge in [0.25, 0.3) is 5.91 Å². The first-order valence-corrected chi connectivity index (χ1v) is 4.20. The number of hydrogen-bond donors (Lipinski definition) is 1. The van der Waals surface area contributed by atoms with Crippen LogP contribution in [-0.2, 0) is 9.59 Å². The van der Waals surface area contributed by atoms with Crippen molar-refractivity contribution in [3.8, 4) is 0 Å². The molecular formula is C8H13F2NO3. The summed E-state index contributed by atoms with van der Waals surface area (Å²) >= 11 is 0. The van der Waals surface area contributed by atoms with Crippen LogP contribution in [0, 0.1) is 0 Å². The third-order valence-electron chi connectivity index (χ3n) is 1.81. The molecule has 1 amide bonds. The average Bonchev–Trinajstić information content (AvgIpc) is 2.03. The molecule has 0 saturated carbocycles. The molecule has 0 heterocycles. The highest BCUT2D eigenvalue weighted by Gasteiger charge is 2.26. The summed E-state index contributed by atoms with van der Waals surface area (Å²) in [6.07, 6.45) is -3.40. The van der Waals surface area contributed by atoms with Gasteiger partial charge in [0, 0.05) is 12.6 Å². The van der Waals surface area contributed by atoms with E-state index in [0.717, 1.165) is 4.90 Å². The third kappa shape index (κ3) is 3.68. The molecule has 1 unspecified atom stereocenters. The minimum Gasteiger partial charge on any atom is -0.481 e. The number of aliphatic carboxylic acids is 1. The average molecular weight is 209 g/mol. The quantitative estimate of drug-likeness (QED) is 0.733. The lowest BCUT2D eigenvalue weighted by Crippen LogP contribution is -2.42. The number of halogens is 2. The van der Waals surface area contributed by atoms with E-state index in [-0.39, 0.29) is 13.0 Å². The van der Waals surface area contributed by atoms with E-state index in [1.54, 1.807) is 0 Å². The van der Waals surface area contributed by atoms with E-state index in [0.29, 0.717) is 0 Å². The molecule has 4 nitrogen and oxygen atoms in total. The Bertz CT molecular complexity index is 221. The van der Waals surface area contributed by atoms with Crippen molar-refractivity contribution in [3.63, 3.8) is 0 Å². The fourth-order valence-corrected chi connectivity index (χ4v) is 1.17. The molecule has 82 valence electrons. The van der Waals surface area contributed by atoms with Crippen LogP contribution in [-0.4, -0.2) is 40.9 Å². The van der Waals surface area contributed by atoms with E-state index in [2.05, 4.69) is 0 Å². The molecule has 0 aliphatic heterocycles. The van der Waals surface area contributed by atoms with Gasteiger partial charge in [0.2, 0.25) is 0 Å². The van der Waals surface area contributed by atoms with Crippen molar-refractivity contribution in [1.29, 1.82) is 0 Å². The standard InChI is InChI=1S/C8H13F2NO3/c1-3-11(8(14)7(9)10)5(2)4-6(12)13/h5,7H,3-4H2,1-2H3,(H,12,13). The summed E-state index contributed by atoms with van der Waals surface area (Å²) in [4.78, 5) is 22.0. The van der Waals surface area contributed by atoms with Crippen molar-refractivity contribution in [3.05, 3.63) is 0 Å². The minimum absolute atomic E-state index is 0.0810. The van der Waals surface area contributed by atoms with Gasteiger partial charge in [-0.05, 0) is 13.8 Å². The van der Waals surface area contributed by atoms with Gasteiger partial charge in [-0.1, -0.05) is 0 Å². The van der Waals surface area contributed by atoms with Gasteiger partial charge < -0.3 is 10.0 Å². The molecule has 0 aliphatic rings. The number of carboxylic acid groups (broad SMARTS) is 1. The summed E-state index contributed by atoms with van der Waals surface area (Å²) in [5.74, 6) is -2.43. The summed E-state index contributed by atoms with van der Waals surface area (Å²) in [5.41, 5.74) is 0. The summed E-state index contributed by atoms with van der Waals surface area (Å²) in [6.45, 7) is 3.04. The Hall–Kier alpha value is -1.20. The molecule has 0 spiro atoms. The largest absolute Gasteiger partial charge is 0.481 e. The normalized spacial score (nSPS) is 12.6. The molecule has 1 atom stereocenters. The molecule has 0 aromatic carbocycles. The number of alkyl halides is 2. The van der Waals surface area contributed by atoms with Gasteiger partial charge in [0.1, 0.15) is 0 Å². The predicted molar refractivity (Wildman–Crippen MR) is 45.1 cm³/mol. The van der Waals surface area contributed by atoms with Crippen LogP contribution in [0.5, 0.6) is 0 Å². The van der Waals surface area contributed by atoms with Crippen LogP contribution in [0.4, 0.5) is 8.78 Å². The highest BCUT2D eigenvalue weighted by molar-refractivity contribution is 5.80. The van der Waals surface area contributed by atoms with Crippen LogP contribution in [0.25, 0.3) is 0 Å².